The molecule has 0 bridgehead atoms. The first kappa shape index (κ1) is 28.7. The zero-order valence-electron chi connectivity index (χ0n) is 23.3. The maximum Gasteiger partial charge on any atom is 0.291 e. The van der Waals surface area contributed by atoms with Gasteiger partial charge in [-0.05, 0) is 57.2 Å². The van der Waals surface area contributed by atoms with E-state index < -0.39 is 14.0 Å². The van der Waals surface area contributed by atoms with Gasteiger partial charge in [-0.1, -0.05) is 42.3 Å². The third-order valence-corrected chi connectivity index (χ3v) is 10.5. The van der Waals surface area contributed by atoms with E-state index in [1.54, 1.807) is 6.07 Å². The number of ether oxygens (including phenoxy) is 3. The van der Waals surface area contributed by atoms with E-state index >= 15 is 0 Å². The second-order valence-electron chi connectivity index (χ2n) is 10.4. The lowest BCUT2D eigenvalue weighted by atomic mass is 10.1. The molecule has 0 unspecified atom stereocenters. The van der Waals surface area contributed by atoms with Gasteiger partial charge in [-0.2, -0.15) is 9.97 Å². The van der Waals surface area contributed by atoms with Gasteiger partial charge in [-0.25, -0.2) is 0 Å². The minimum absolute atomic E-state index is 0.0313. The summed E-state index contributed by atoms with van der Waals surface area (Å²) in [5.41, 5.74) is 1.49. The average Bonchev–Trinajstić information content (AvgIpc) is 3.36. The maximum atomic E-state index is 13.1. The Hall–Kier alpha value is -3.28. The van der Waals surface area contributed by atoms with Crippen LogP contribution in [-0.4, -0.2) is 70.3 Å². The van der Waals surface area contributed by atoms with Crippen LogP contribution in [0.2, 0.25) is 24.2 Å². The van der Waals surface area contributed by atoms with Crippen LogP contribution in [0.3, 0.4) is 0 Å². The lowest BCUT2D eigenvalue weighted by molar-refractivity contribution is 0.0990. The lowest BCUT2D eigenvalue weighted by Gasteiger charge is -2.31. The molecule has 1 aliphatic rings. The summed E-state index contributed by atoms with van der Waals surface area (Å²) in [4.78, 5) is 23.9. The predicted octanol–water partition coefficient (Wildman–Crippen LogP) is 5.01. The second kappa shape index (κ2) is 12.3. The zero-order chi connectivity index (χ0) is 28.2. The number of halogens is 1. The monoisotopic (exact) mass is 573 g/mol. The summed E-state index contributed by atoms with van der Waals surface area (Å²) >= 11 is 6.53. The number of carbonyl (C=O) groups is 1. The zero-order valence-corrected chi connectivity index (χ0v) is 25.1. The van der Waals surface area contributed by atoms with Crippen molar-refractivity contribution in [3.05, 3.63) is 40.6 Å². The summed E-state index contributed by atoms with van der Waals surface area (Å²) in [7, 11) is 5.39. The third-order valence-electron chi connectivity index (χ3n) is 6.68. The summed E-state index contributed by atoms with van der Waals surface area (Å²) in [5.74, 6) is 0.809. The molecule has 12 heteroatoms. The fourth-order valence-corrected chi connectivity index (χ4v) is 7.79. The normalized spacial score (nSPS) is 14.1. The van der Waals surface area contributed by atoms with E-state index in [9.17, 15) is 4.79 Å². The van der Waals surface area contributed by atoms with Crippen LogP contribution in [0.5, 0.6) is 23.5 Å². The topological polar surface area (TPSA) is 111 Å². The van der Waals surface area contributed by atoms with Crippen LogP contribution in [0.1, 0.15) is 29.0 Å². The molecule has 10 nitrogen and oxygen atoms in total. The minimum Gasteiger partial charge on any atom is -0.479 e. The number of aromatic nitrogens is 2. The number of aryl methyl sites for hydroxylation is 1. The molecule has 1 aliphatic heterocycles. The van der Waals surface area contributed by atoms with Crippen molar-refractivity contribution >= 4 is 42.4 Å². The molecule has 0 spiro atoms. The number of benzene rings is 1. The molecule has 3 aromatic rings. The number of amides is 1. The summed E-state index contributed by atoms with van der Waals surface area (Å²) < 4.78 is 22.5. The first-order valence-corrected chi connectivity index (χ1v) is 16.5. The second-order valence-corrected chi connectivity index (χ2v) is 15.6. The summed E-state index contributed by atoms with van der Waals surface area (Å²) in [6.07, 6.45) is 3.12. The molecule has 0 atom stereocenters. The molecular weight excluding hydrogens is 538 g/mol. The standard InChI is InChI=1S/C27H36ClN5O5Si/c1-33(2)13-8-12-29-27-31-25(35-3)23(26(32-27)36-4)30-24(34)19-10-11-22(37-19)38-20-16-21-17(15-18(20)28)9-7-14-39(21,5)6/h10-11,15-16H,7-9,12-14H2,1-6H3,(H,30,34)(H,29,31,32). The molecule has 3 heterocycles. The molecular formula is C27H36ClN5O5Si. The largest absolute Gasteiger partial charge is 0.479 e. The SMILES string of the molecule is COc1nc(NCCCN(C)C)nc(OC)c1NC(=O)c1ccc(Oc2cc3c(cc2Cl)CCC[Si]3(C)C)o1. The highest BCUT2D eigenvalue weighted by molar-refractivity contribution is 6.90. The fourth-order valence-electron chi connectivity index (χ4n) is 4.64. The van der Waals surface area contributed by atoms with Gasteiger partial charge in [0.2, 0.25) is 17.7 Å². The number of nitrogens with one attached hydrogen (secondary N) is 2. The number of rotatable bonds is 11. The Morgan fingerprint density at radius 1 is 1.15 bits per heavy atom. The smallest absolute Gasteiger partial charge is 0.291 e. The van der Waals surface area contributed by atoms with Crippen LogP contribution < -0.4 is 30.0 Å². The van der Waals surface area contributed by atoms with Gasteiger partial charge in [-0.3, -0.25) is 4.79 Å². The summed E-state index contributed by atoms with van der Waals surface area (Å²) in [6.45, 7) is 6.30. The van der Waals surface area contributed by atoms with Gasteiger partial charge < -0.3 is 34.2 Å². The van der Waals surface area contributed by atoms with Gasteiger partial charge in [0.1, 0.15) is 5.75 Å². The van der Waals surface area contributed by atoms with Crippen LogP contribution >= 0.6 is 11.6 Å². The van der Waals surface area contributed by atoms with Gasteiger partial charge in [0.25, 0.3) is 11.9 Å². The highest BCUT2D eigenvalue weighted by Crippen LogP contribution is 2.36. The Balaban J connectivity index is 1.48. The maximum absolute atomic E-state index is 13.1. The molecule has 0 radical (unpaired) electrons. The van der Waals surface area contributed by atoms with Crippen molar-refractivity contribution < 1.29 is 23.4 Å². The number of carbonyl (C=O) groups excluding carboxylic acids is 1. The van der Waals surface area contributed by atoms with Crippen molar-refractivity contribution in [2.24, 2.45) is 0 Å². The van der Waals surface area contributed by atoms with Crippen molar-refractivity contribution in [1.29, 1.82) is 0 Å². The fraction of sp³-hybridized carbons (Fsp3) is 0.444. The molecule has 2 N–H and O–H groups in total. The van der Waals surface area contributed by atoms with Crippen molar-refractivity contribution in [3.8, 4) is 23.5 Å². The van der Waals surface area contributed by atoms with Crippen LogP contribution in [0.4, 0.5) is 11.6 Å². The Bertz CT molecular complexity index is 1300. The Morgan fingerprint density at radius 3 is 2.54 bits per heavy atom. The highest BCUT2D eigenvalue weighted by Gasteiger charge is 2.31. The molecule has 2 aromatic heterocycles. The molecule has 0 fully saturated rings. The average molecular weight is 574 g/mol. The Morgan fingerprint density at radius 2 is 1.87 bits per heavy atom. The van der Waals surface area contributed by atoms with Gasteiger partial charge in [0.05, 0.1) is 27.3 Å². The van der Waals surface area contributed by atoms with E-state index in [-0.39, 0.29) is 29.2 Å². The highest BCUT2D eigenvalue weighted by atomic mass is 35.5. The molecule has 4 rings (SSSR count). The number of nitrogens with zero attached hydrogens (tertiary/aromatic N) is 3. The van der Waals surface area contributed by atoms with E-state index in [1.165, 1.54) is 43.5 Å². The van der Waals surface area contributed by atoms with Crippen LogP contribution in [-0.2, 0) is 6.42 Å². The quantitative estimate of drug-likeness (QED) is 0.241. The molecule has 0 saturated heterocycles. The molecule has 0 saturated carbocycles. The number of hydrogen-bond donors (Lipinski definition) is 2. The number of fused-ring (bicyclic) bond motifs is 1. The van der Waals surface area contributed by atoms with Crippen LogP contribution in [0.15, 0.2) is 28.7 Å². The van der Waals surface area contributed by atoms with Crippen LogP contribution in [0.25, 0.3) is 0 Å². The Labute approximate surface area is 235 Å². The first-order valence-electron chi connectivity index (χ1n) is 12.9. The number of hydrogen-bond acceptors (Lipinski definition) is 9. The first-order chi connectivity index (χ1) is 18.6. The molecule has 39 heavy (non-hydrogen) atoms. The van der Waals surface area contributed by atoms with Crippen molar-refractivity contribution in [2.45, 2.75) is 38.4 Å². The van der Waals surface area contributed by atoms with Gasteiger partial charge in [0, 0.05) is 12.6 Å². The predicted molar refractivity (Wildman–Crippen MR) is 155 cm³/mol. The number of furan rings is 1. The minimum atomic E-state index is -1.55. The van der Waals surface area contributed by atoms with Gasteiger partial charge in [0.15, 0.2) is 11.4 Å². The van der Waals surface area contributed by atoms with E-state index in [1.807, 2.05) is 26.2 Å². The van der Waals surface area contributed by atoms with Crippen molar-refractivity contribution in [2.75, 3.05) is 52.0 Å². The third kappa shape index (κ3) is 6.84. The van der Waals surface area contributed by atoms with Crippen LogP contribution in [0, 0.1) is 0 Å². The van der Waals surface area contributed by atoms with Gasteiger partial charge in [-0.15, -0.1) is 0 Å². The van der Waals surface area contributed by atoms with Crippen molar-refractivity contribution in [3.63, 3.8) is 0 Å². The molecule has 210 valence electrons. The van der Waals surface area contributed by atoms with E-state index in [2.05, 4.69) is 38.6 Å². The van der Waals surface area contributed by atoms with E-state index in [0.29, 0.717) is 23.3 Å². The van der Waals surface area contributed by atoms with Gasteiger partial charge >= 0.3 is 0 Å². The number of anilines is 2. The summed E-state index contributed by atoms with van der Waals surface area (Å²) in [5, 5.41) is 7.75. The molecule has 0 aliphatic carbocycles. The molecule has 1 amide bonds. The summed E-state index contributed by atoms with van der Waals surface area (Å²) in [6, 6.07) is 8.37. The Kier molecular flexibility index (Phi) is 9.03. The van der Waals surface area contributed by atoms with E-state index in [0.717, 1.165) is 19.4 Å². The van der Waals surface area contributed by atoms with E-state index in [4.69, 9.17) is 30.2 Å². The lowest BCUT2D eigenvalue weighted by Crippen LogP contribution is -2.46. The number of methoxy groups -OCH3 is 2. The molecule has 1 aromatic carbocycles. The van der Waals surface area contributed by atoms with Crippen molar-refractivity contribution in [1.82, 2.24) is 14.9 Å².